The van der Waals surface area contributed by atoms with E-state index in [1.165, 1.54) is 11.1 Å². The second-order valence-corrected chi connectivity index (χ2v) is 5.15. The molecule has 0 saturated heterocycles. The second kappa shape index (κ2) is 5.50. The van der Waals surface area contributed by atoms with E-state index in [-0.39, 0.29) is 0 Å². The van der Waals surface area contributed by atoms with Crippen LogP contribution in [-0.2, 0) is 6.54 Å². The molecule has 21 heavy (non-hydrogen) atoms. The van der Waals surface area contributed by atoms with Gasteiger partial charge < -0.3 is 5.73 Å². The lowest BCUT2D eigenvalue weighted by molar-refractivity contribution is 0.799. The lowest BCUT2D eigenvalue weighted by Gasteiger charge is -2.10. The Hall–Kier alpha value is -2.46. The van der Waals surface area contributed by atoms with Crippen LogP contribution in [0.15, 0.2) is 48.5 Å². The second-order valence-electron chi connectivity index (χ2n) is 5.15. The summed E-state index contributed by atoms with van der Waals surface area (Å²) in [5, 5.41) is 8.55. The highest BCUT2D eigenvalue weighted by atomic mass is 15.4. The van der Waals surface area contributed by atoms with E-state index in [1.54, 1.807) is 0 Å². The fourth-order valence-corrected chi connectivity index (χ4v) is 2.50. The van der Waals surface area contributed by atoms with Crippen molar-refractivity contribution in [3.8, 4) is 16.9 Å². The van der Waals surface area contributed by atoms with Gasteiger partial charge in [-0.2, -0.15) is 0 Å². The minimum atomic E-state index is 0.371. The van der Waals surface area contributed by atoms with E-state index in [1.807, 2.05) is 28.9 Å². The molecule has 4 heteroatoms. The van der Waals surface area contributed by atoms with Gasteiger partial charge in [-0.25, -0.2) is 4.68 Å². The molecule has 0 aliphatic heterocycles. The van der Waals surface area contributed by atoms with Crippen molar-refractivity contribution in [1.29, 1.82) is 0 Å². The number of hydrogen-bond acceptors (Lipinski definition) is 3. The molecule has 0 aliphatic rings. The van der Waals surface area contributed by atoms with E-state index < -0.39 is 0 Å². The lowest BCUT2D eigenvalue weighted by atomic mass is 10.0. The molecule has 0 radical (unpaired) electrons. The third-order valence-corrected chi connectivity index (χ3v) is 3.58. The van der Waals surface area contributed by atoms with Crippen molar-refractivity contribution in [2.45, 2.75) is 20.4 Å². The molecule has 1 heterocycles. The molecule has 0 amide bonds. The van der Waals surface area contributed by atoms with Crippen LogP contribution in [0.25, 0.3) is 16.9 Å². The van der Waals surface area contributed by atoms with Crippen molar-refractivity contribution in [2.75, 3.05) is 0 Å². The zero-order valence-electron chi connectivity index (χ0n) is 12.2. The van der Waals surface area contributed by atoms with Crippen LogP contribution in [0.3, 0.4) is 0 Å². The molecule has 0 spiro atoms. The molecule has 0 saturated carbocycles. The number of aryl methyl sites for hydroxylation is 2. The highest BCUT2D eigenvalue weighted by molar-refractivity contribution is 5.67. The van der Waals surface area contributed by atoms with Crippen LogP contribution >= 0.6 is 0 Å². The fraction of sp³-hybridized carbons (Fsp3) is 0.176. The molecule has 2 aromatic carbocycles. The highest BCUT2D eigenvalue weighted by Gasteiger charge is 2.16. The monoisotopic (exact) mass is 278 g/mol. The van der Waals surface area contributed by atoms with E-state index in [4.69, 9.17) is 5.73 Å². The fourth-order valence-electron chi connectivity index (χ4n) is 2.50. The van der Waals surface area contributed by atoms with Gasteiger partial charge in [-0.3, -0.25) is 0 Å². The van der Waals surface area contributed by atoms with Crippen LogP contribution in [0.5, 0.6) is 0 Å². The maximum Gasteiger partial charge on any atom is 0.105 e. The summed E-state index contributed by atoms with van der Waals surface area (Å²) in [5.74, 6) is 0. The van der Waals surface area contributed by atoms with Crippen molar-refractivity contribution in [2.24, 2.45) is 5.73 Å². The predicted octanol–water partition coefficient (Wildman–Crippen LogP) is 3.01. The first kappa shape index (κ1) is 13.5. The Morgan fingerprint density at radius 2 is 1.86 bits per heavy atom. The molecule has 4 nitrogen and oxygen atoms in total. The summed E-state index contributed by atoms with van der Waals surface area (Å²) in [6, 6.07) is 16.4. The number of hydrogen-bond donors (Lipinski definition) is 1. The highest BCUT2D eigenvalue weighted by Crippen LogP contribution is 2.27. The zero-order valence-corrected chi connectivity index (χ0v) is 12.2. The molecular formula is C17H18N4. The van der Waals surface area contributed by atoms with Gasteiger partial charge in [-0.15, -0.1) is 5.10 Å². The van der Waals surface area contributed by atoms with E-state index in [9.17, 15) is 0 Å². The molecule has 2 N–H and O–H groups in total. The van der Waals surface area contributed by atoms with Gasteiger partial charge in [0.15, 0.2) is 0 Å². The van der Waals surface area contributed by atoms with Crippen molar-refractivity contribution in [3.05, 3.63) is 65.4 Å². The summed E-state index contributed by atoms with van der Waals surface area (Å²) in [5.41, 5.74) is 12.1. The maximum absolute atomic E-state index is 5.84. The molecule has 106 valence electrons. The number of benzene rings is 2. The van der Waals surface area contributed by atoms with Gasteiger partial charge in [0, 0.05) is 12.1 Å². The van der Waals surface area contributed by atoms with Gasteiger partial charge >= 0.3 is 0 Å². The summed E-state index contributed by atoms with van der Waals surface area (Å²) in [6.45, 7) is 4.52. The average Bonchev–Trinajstić information content (AvgIpc) is 2.91. The average molecular weight is 278 g/mol. The Kier molecular flexibility index (Phi) is 3.54. The summed E-state index contributed by atoms with van der Waals surface area (Å²) in [7, 11) is 0. The summed E-state index contributed by atoms with van der Waals surface area (Å²) < 4.78 is 1.87. The molecule has 0 atom stereocenters. The molecule has 0 aliphatic carbocycles. The molecule has 3 aromatic rings. The first-order valence-electron chi connectivity index (χ1n) is 6.98. The van der Waals surface area contributed by atoms with Crippen molar-refractivity contribution < 1.29 is 0 Å². The minimum absolute atomic E-state index is 0.371. The molecule has 1 aromatic heterocycles. The number of aromatic nitrogens is 3. The Balaban J connectivity index is 2.24. The van der Waals surface area contributed by atoms with Gasteiger partial charge in [-0.05, 0) is 37.1 Å². The number of rotatable bonds is 3. The summed E-state index contributed by atoms with van der Waals surface area (Å²) >= 11 is 0. The third-order valence-electron chi connectivity index (χ3n) is 3.58. The summed E-state index contributed by atoms with van der Waals surface area (Å²) in [4.78, 5) is 0. The molecular weight excluding hydrogens is 260 g/mol. The largest absolute Gasteiger partial charge is 0.325 e. The van der Waals surface area contributed by atoms with Gasteiger partial charge in [0.1, 0.15) is 5.69 Å². The van der Waals surface area contributed by atoms with E-state index in [0.717, 1.165) is 22.6 Å². The van der Waals surface area contributed by atoms with Crippen LogP contribution < -0.4 is 5.73 Å². The topological polar surface area (TPSA) is 56.7 Å². The van der Waals surface area contributed by atoms with Crippen LogP contribution in [0.4, 0.5) is 0 Å². The van der Waals surface area contributed by atoms with E-state index in [2.05, 4.69) is 48.4 Å². The third kappa shape index (κ3) is 2.45. The Bertz CT molecular complexity index is 774. The Morgan fingerprint density at radius 3 is 2.57 bits per heavy atom. The summed E-state index contributed by atoms with van der Waals surface area (Å²) in [6.07, 6.45) is 0. The van der Waals surface area contributed by atoms with Gasteiger partial charge in [0.25, 0.3) is 0 Å². The van der Waals surface area contributed by atoms with Crippen LogP contribution in [0, 0.1) is 13.8 Å². The quantitative estimate of drug-likeness (QED) is 0.801. The van der Waals surface area contributed by atoms with E-state index >= 15 is 0 Å². The Morgan fingerprint density at radius 1 is 1.05 bits per heavy atom. The maximum atomic E-state index is 5.84. The SMILES string of the molecule is Cc1cccc(-n2nnc(CN)c2-c2ccccc2C)c1. The first-order chi connectivity index (χ1) is 10.2. The number of nitrogens with two attached hydrogens (primary N) is 1. The van der Waals surface area contributed by atoms with Crippen LogP contribution in [-0.4, -0.2) is 15.0 Å². The van der Waals surface area contributed by atoms with Crippen molar-refractivity contribution in [1.82, 2.24) is 15.0 Å². The van der Waals surface area contributed by atoms with Crippen LogP contribution in [0.1, 0.15) is 16.8 Å². The smallest absolute Gasteiger partial charge is 0.105 e. The molecule has 0 unspecified atom stereocenters. The van der Waals surface area contributed by atoms with Crippen molar-refractivity contribution in [3.63, 3.8) is 0 Å². The molecule has 0 fully saturated rings. The minimum Gasteiger partial charge on any atom is -0.325 e. The van der Waals surface area contributed by atoms with E-state index in [0.29, 0.717) is 6.54 Å². The normalized spacial score (nSPS) is 10.8. The zero-order chi connectivity index (χ0) is 14.8. The molecule has 0 bridgehead atoms. The predicted molar refractivity (Wildman–Crippen MR) is 84.2 cm³/mol. The number of nitrogens with zero attached hydrogens (tertiary/aromatic N) is 3. The lowest BCUT2D eigenvalue weighted by Crippen LogP contribution is -2.03. The van der Waals surface area contributed by atoms with Crippen LogP contribution in [0.2, 0.25) is 0 Å². The molecule has 3 rings (SSSR count). The van der Waals surface area contributed by atoms with Crippen molar-refractivity contribution >= 4 is 0 Å². The van der Waals surface area contributed by atoms with Gasteiger partial charge in [0.05, 0.1) is 11.4 Å². The standard InChI is InChI=1S/C17H18N4/c1-12-6-5-8-14(10-12)21-17(16(11-18)19-20-21)15-9-4-3-7-13(15)2/h3-10H,11,18H2,1-2H3. The first-order valence-corrected chi connectivity index (χ1v) is 6.98. The van der Waals surface area contributed by atoms with Gasteiger partial charge in [-0.1, -0.05) is 41.6 Å². The van der Waals surface area contributed by atoms with Gasteiger partial charge in [0.2, 0.25) is 0 Å². The Labute approximate surface area is 124 Å².